The van der Waals surface area contributed by atoms with Gasteiger partial charge in [-0.25, -0.2) is 14.6 Å². The van der Waals surface area contributed by atoms with Crippen LogP contribution < -0.4 is 0 Å². The average molecular weight is 295 g/mol. The van der Waals surface area contributed by atoms with Gasteiger partial charge >= 0.3 is 11.9 Å². The van der Waals surface area contributed by atoms with Gasteiger partial charge in [0.15, 0.2) is 0 Å². The van der Waals surface area contributed by atoms with E-state index in [9.17, 15) is 9.59 Å². The number of hydrogen-bond donors (Lipinski definition) is 2. The Kier molecular flexibility index (Phi) is 2.61. The lowest BCUT2D eigenvalue weighted by atomic mass is 10.3. The molecule has 3 heterocycles. The fourth-order valence-corrected chi connectivity index (χ4v) is 3.62. The number of carboxylic acids is 2. The van der Waals surface area contributed by atoms with Crippen molar-refractivity contribution in [3.8, 4) is 10.8 Å². The Morgan fingerprint density at radius 1 is 1.21 bits per heavy atom. The number of carboxylic acid groups (broad SMARTS) is 2. The maximum atomic E-state index is 10.9. The van der Waals surface area contributed by atoms with Gasteiger partial charge in [-0.3, -0.25) is 0 Å². The van der Waals surface area contributed by atoms with Gasteiger partial charge in [0.25, 0.3) is 0 Å². The standard InChI is InChI=1S/C11H5NO5S2/c13-10(14)7-8(11(15)16)17-9(12-7)6-3-5-4(19-6)1-2-18-5/h1-3H,(H,13,14)(H,15,16). The van der Waals surface area contributed by atoms with Gasteiger partial charge in [0, 0.05) is 9.40 Å². The van der Waals surface area contributed by atoms with Gasteiger partial charge in [0.05, 0.1) is 4.88 Å². The molecule has 3 rings (SSSR count). The number of aromatic nitrogens is 1. The lowest BCUT2D eigenvalue weighted by Crippen LogP contribution is -2.05. The number of oxazole rings is 1. The summed E-state index contributed by atoms with van der Waals surface area (Å²) in [5.41, 5.74) is -0.584. The van der Waals surface area contributed by atoms with E-state index in [4.69, 9.17) is 14.6 Å². The van der Waals surface area contributed by atoms with E-state index in [2.05, 4.69) is 4.98 Å². The van der Waals surface area contributed by atoms with Gasteiger partial charge in [0.2, 0.25) is 17.3 Å². The van der Waals surface area contributed by atoms with Crippen LogP contribution in [0.15, 0.2) is 21.9 Å². The lowest BCUT2D eigenvalue weighted by Gasteiger charge is -1.87. The van der Waals surface area contributed by atoms with Crippen molar-refractivity contribution in [3.63, 3.8) is 0 Å². The van der Waals surface area contributed by atoms with Crippen LogP contribution in [-0.2, 0) is 0 Å². The molecule has 6 nitrogen and oxygen atoms in total. The second kappa shape index (κ2) is 4.18. The molecule has 3 aromatic heterocycles. The second-order valence-corrected chi connectivity index (χ2v) is 5.60. The fourth-order valence-electron chi connectivity index (χ4n) is 1.59. The molecule has 3 aromatic rings. The zero-order valence-corrected chi connectivity index (χ0v) is 10.7. The summed E-state index contributed by atoms with van der Waals surface area (Å²) in [6, 6.07) is 3.72. The Bertz CT molecular complexity index is 737. The molecule has 0 saturated carbocycles. The number of carbonyl (C=O) groups is 2. The van der Waals surface area contributed by atoms with Gasteiger partial charge in [-0.05, 0) is 17.5 Å². The van der Waals surface area contributed by atoms with Gasteiger partial charge < -0.3 is 14.6 Å². The van der Waals surface area contributed by atoms with Crippen molar-refractivity contribution in [2.24, 2.45) is 0 Å². The molecule has 0 amide bonds. The second-order valence-electron chi connectivity index (χ2n) is 3.57. The predicted octanol–water partition coefficient (Wildman–Crippen LogP) is 3.01. The third-order valence-electron chi connectivity index (χ3n) is 2.37. The first-order valence-electron chi connectivity index (χ1n) is 5.01. The Morgan fingerprint density at radius 2 is 2.00 bits per heavy atom. The van der Waals surface area contributed by atoms with E-state index in [-0.39, 0.29) is 5.89 Å². The molecule has 0 atom stereocenters. The highest BCUT2D eigenvalue weighted by molar-refractivity contribution is 7.28. The number of rotatable bonds is 3. The van der Waals surface area contributed by atoms with Gasteiger partial charge in [0.1, 0.15) is 0 Å². The molecule has 0 radical (unpaired) electrons. The molecular formula is C11H5NO5S2. The van der Waals surface area contributed by atoms with Crippen LogP contribution in [0.4, 0.5) is 0 Å². The molecule has 0 aromatic carbocycles. The van der Waals surface area contributed by atoms with Crippen molar-refractivity contribution < 1.29 is 24.2 Å². The molecule has 0 aliphatic carbocycles. The molecule has 0 aliphatic heterocycles. The summed E-state index contributed by atoms with van der Waals surface area (Å²) in [5.74, 6) is -3.51. The van der Waals surface area contributed by atoms with E-state index >= 15 is 0 Å². The fraction of sp³-hybridized carbons (Fsp3) is 0. The summed E-state index contributed by atoms with van der Waals surface area (Å²) in [5, 5.41) is 19.7. The van der Waals surface area contributed by atoms with Crippen LogP contribution in [0.25, 0.3) is 20.2 Å². The first-order chi connectivity index (χ1) is 9.06. The Labute approximate surface area is 113 Å². The topological polar surface area (TPSA) is 101 Å². The number of nitrogens with zero attached hydrogens (tertiary/aromatic N) is 1. The molecule has 0 aliphatic rings. The summed E-state index contributed by atoms with van der Waals surface area (Å²) in [6.07, 6.45) is 0. The largest absolute Gasteiger partial charge is 0.476 e. The third kappa shape index (κ3) is 1.90. The predicted molar refractivity (Wildman–Crippen MR) is 69.1 cm³/mol. The van der Waals surface area contributed by atoms with Crippen LogP contribution in [-0.4, -0.2) is 27.1 Å². The van der Waals surface area contributed by atoms with Crippen molar-refractivity contribution in [1.82, 2.24) is 4.98 Å². The smallest absolute Gasteiger partial charge is 0.374 e. The number of thiophene rings is 2. The highest BCUT2D eigenvalue weighted by atomic mass is 32.1. The van der Waals surface area contributed by atoms with E-state index in [1.54, 1.807) is 6.07 Å². The zero-order valence-electron chi connectivity index (χ0n) is 9.11. The lowest BCUT2D eigenvalue weighted by molar-refractivity contribution is 0.0624. The van der Waals surface area contributed by atoms with Gasteiger partial charge in [-0.15, -0.1) is 22.7 Å². The van der Waals surface area contributed by atoms with E-state index in [0.717, 1.165) is 9.40 Å². The Balaban J connectivity index is 2.15. The first kappa shape index (κ1) is 11.9. The minimum atomic E-state index is -1.45. The summed E-state index contributed by atoms with van der Waals surface area (Å²) in [6.45, 7) is 0. The number of aromatic carboxylic acids is 2. The average Bonchev–Trinajstić information content (AvgIpc) is 3.01. The van der Waals surface area contributed by atoms with Crippen molar-refractivity contribution >= 4 is 44.0 Å². The molecular weight excluding hydrogens is 290 g/mol. The molecule has 0 bridgehead atoms. The van der Waals surface area contributed by atoms with E-state index in [1.807, 2.05) is 11.4 Å². The summed E-state index contributed by atoms with van der Waals surface area (Å²) < 4.78 is 7.09. The maximum Gasteiger partial charge on any atom is 0.374 e. The summed E-state index contributed by atoms with van der Waals surface area (Å²) in [4.78, 5) is 26.2. The van der Waals surface area contributed by atoms with Crippen molar-refractivity contribution in [1.29, 1.82) is 0 Å². The molecule has 2 N–H and O–H groups in total. The minimum absolute atomic E-state index is 0.0169. The van der Waals surface area contributed by atoms with Crippen LogP contribution in [0.1, 0.15) is 21.0 Å². The van der Waals surface area contributed by atoms with Crippen LogP contribution >= 0.6 is 22.7 Å². The summed E-state index contributed by atoms with van der Waals surface area (Å²) in [7, 11) is 0. The van der Waals surface area contributed by atoms with E-state index in [1.165, 1.54) is 22.7 Å². The summed E-state index contributed by atoms with van der Waals surface area (Å²) >= 11 is 2.91. The van der Waals surface area contributed by atoms with Crippen LogP contribution in [0, 0.1) is 0 Å². The Morgan fingerprint density at radius 3 is 2.58 bits per heavy atom. The minimum Gasteiger partial charge on any atom is -0.476 e. The third-order valence-corrected chi connectivity index (χ3v) is 4.46. The molecule has 0 unspecified atom stereocenters. The van der Waals surface area contributed by atoms with Crippen molar-refractivity contribution in [2.75, 3.05) is 0 Å². The molecule has 0 spiro atoms. The van der Waals surface area contributed by atoms with E-state index < -0.39 is 23.4 Å². The molecule has 96 valence electrons. The van der Waals surface area contributed by atoms with Crippen molar-refractivity contribution in [3.05, 3.63) is 29.0 Å². The Hall–Kier alpha value is -2.19. The number of hydrogen-bond acceptors (Lipinski definition) is 6. The molecule has 8 heteroatoms. The first-order valence-corrected chi connectivity index (χ1v) is 6.70. The van der Waals surface area contributed by atoms with Crippen LogP contribution in [0.5, 0.6) is 0 Å². The quantitative estimate of drug-likeness (QED) is 0.770. The van der Waals surface area contributed by atoms with Crippen LogP contribution in [0.3, 0.4) is 0 Å². The normalized spacial score (nSPS) is 10.9. The van der Waals surface area contributed by atoms with Gasteiger partial charge in [-0.1, -0.05) is 0 Å². The zero-order chi connectivity index (χ0) is 13.6. The van der Waals surface area contributed by atoms with Gasteiger partial charge in [-0.2, -0.15) is 0 Å². The van der Waals surface area contributed by atoms with Crippen molar-refractivity contribution in [2.45, 2.75) is 0 Å². The molecule has 19 heavy (non-hydrogen) atoms. The highest BCUT2D eigenvalue weighted by Crippen LogP contribution is 2.36. The van der Waals surface area contributed by atoms with E-state index in [0.29, 0.717) is 4.88 Å². The SMILES string of the molecule is O=C(O)c1nc(-c2cc3sccc3s2)oc1C(=O)O. The maximum absolute atomic E-state index is 10.9. The molecule has 0 fully saturated rings. The number of fused-ring (bicyclic) bond motifs is 1. The van der Waals surface area contributed by atoms with Crippen LogP contribution in [0.2, 0.25) is 0 Å². The molecule has 0 saturated heterocycles. The monoisotopic (exact) mass is 295 g/mol. The highest BCUT2D eigenvalue weighted by Gasteiger charge is 2.26.